The number of halogens is 1. The normalized spacial score (nSPS) is 10.7. The highest BCUT2D eigenvalue weighted by Gasteiger charge is 2.09. The highest BCUT2D eigenvalue weighted by Crippen LogP contribution is 2.19. The van der Waals surface area contributed by atoms with Gasteiger partial charge in [-0.25, -0.2) is 4.98 Å². The number of aromatic nitrogens is 2. The molecule has 0 fully saturated rings. The third-order valence-electron chi connectivity index (χ3n) is 3.32. The smallest absolute Gasteiger partial charge is 0.255 e. The molecule has 0 saturated heterocycles. The Morgan fingerprint density at radius 2 is 2.14 bits per heavy atom. The van der Waals surface area contributed by atoms with Crippen LogP contribution in [0.25, 0.3) is 11.0 Å². The molecule has 21 heavy (non-hydrogen) atoms. The van der Waals surface area contributed by atoms with Crippen LogP contribution in [0.5, 0.6) is 0 Å². The number of rotatable bonds is 3. The van der Waals surface area contributed by atoms with Crippen molar-refractivity contribution in [1.82, 2.24) is 9.97 Å². The number of amides is 1. The number of pyridine rings is 1. The first-order valence-electron chi connectivity index (χ1n) is 6.58. The number of anilines is 1. The summed E-state index contributed by atoms with van der Waals surface area (Å²) in [6.07, 6.45) is 1.66. The van der Waals surface area contributed by atoms with E-state index in [1.165, 1.54) is 0 Å². The van der Waals surface area contributed by atoms with Crippen LogP contribution in [0.15, 0.2) is 42.6 Å². The summed E-state index contributed by atoms with van der Waals surface area (Å²) >= 11 is 3.40. The second-order valence-electron chi connectivity index (χ2n) is 4.86. The molecule has 0 aliphatic rings. The van der Waals surface area contributed by atoms with E-state index >= 15 is 0 Å². The third-order valence-corrected chi connectivity index (χ3v) is 3.92. The van der Waals surface area contributed by atoms with Crippen molar-refractivity contribution in [3.05, 3.63) is 53.9 Å². The van der Waals surface area contributed by atoms with Gasteiger partial charge in [0.05, 0.1) is 11.9 Å². The summed E-state index contributed by atoms with van der Waals surface area (Å²) in [4.78, 5) is 19.8. The van der Waals surface area contributed by atoms with Crippen LogP contribution in [0.2, 0.25) is 0 Å². The maximum absolute atomic E-state index is 12.3. The van der Waals surface area contributed by atoms with Gasteiger partial charge in [0.25, 0.3) is 5.91 Å². The first-order chi connectivity index (χ1) is 10.2. The molecular weight excluding hydrogens is 329 g/mol. The molecule has 0 radical (unpaired) electrons. The Kier molecular flexibility index (Phi) is 3.79. The molecule has 0 spiro atoms. The van der Waals surface area contributed by atoms with E-state index < -0.39 is 0 Å². The number of carbonyl (C=O) groups is 1. The average Bonchev–Trinajstić information content (AvgIpc) is 2.90. The molecule has 3 aromatic rings. The van der Waals surface area contributed by atoms with Gasteiger partial charge in [-0.1, -0.05) is 45.7 Å². The number of benzene rings is 1. The fourth-order valence-electron chi connectivity index (χ4n) is 2.24. The van der Waals surface area contributed by atoms with Crippen molar-refractivity contribution in [3.8, 4) is 0 Å². The minimum Gasteiger partial charge on any atom is -0.342 e. The molecule has 0 atom stereocenters. The molecule has 0 saturated carbocycles. The van der Waals surface area contributed by atoms with Crippen LogP contribution in [0.1, 0.15) is 16.1 Å². The maximum Gasteiger partial charge on any atom is 0.255 e. The largest absolute Gasteiger partial charge is 0.342 e. The summed E-state index contributed by atoms with van der Waals surface area (Å²) < 4.78 is 0. The molecule has 4 nitrogen and oxygen atoms in total. The minimum atomic E-state index is -0.120. The lowest BCUT2D eigenvalue weighted by molar-refractivity contribution is 0.102. The second-order valence-corrected chi connectivity index (χ2v) is 5.42. The molecule has 1 aromatic carbocycles. The Bertz CT molecular complexity index is 816. The van der Waals surface area contributed by atoms with Gasteiger partial charge in [-0.05, 0) is 12.1 Å². The topological polar surface area (TPSA) is 57.8 Å². The van der Waals surface area contributed by atoms with E-state index in [4.69, 9.17) is 0 Å². The first-order valence-corrected chi connectivity index (χ1v) is 7.70. The van der Waals surface area contributed by atoms with E-state index in [0.29, 0.717) is 11.3 Å². The maximum atomic E-state index is 12.3. The summed E-state index contributed by atoms with van der Waals surface area (Å²) in [5.74, 6) is -0.120. The van der Waals surface area contributed by atoms with Gasteiger partial charge in [0.15, 0.2) is 0 Å². The summed E-state index contributed by atoms with van der Waals surface area (Å²) in [5.41, 5.74) is 4.19. The molecule has 2 heterocycles. The van der Waals surface area contributed by atoms with Crippen LogP contribution < -0.4 is 10.8 Å². The quantitative estimate of drug-likeness (QED) is 0.565. The fourth-order valence-corrected chi connectivity index (χ4v) is 2.54. The van der Waals surface area contributed by atoms with Crippen LogP contribution in [0, 0.1) is 0 Å². The van der Waals surface area contributed by atoms with Crippen LogP contribution in [-0.2, 0) is 5.33 Å². The van der Waals surface area contributed by atoms with Gasteiger partial charge in [-0.2, -0.15) is 0 Å². The number of H-pyrrole nitrogens is 1. The van der Waals surface area contributed by atoms with E-state index in [1.54, 1.807) is 6.20 Å². The van der Waals surface area contributed by atoms with Gasteiger partial charge >= 0.3 is 0 Å². The van der Waals surface area contributed by atoms with E-state index in [0.717, 1.165) is 27.5 Å². The number of alkyl halides is 1. The molecule has 104 valence electrons. The Balaban J connectivity index is 1.87. The van der Waals surface area contributed by atoms with Crippen LogP contribution in [0.4, 0.5) is 5.69 Å². The summed E-state index contributed by atoms with van der Waals surface area (Å²) in [7, 11) is 1.92. The Labute approximate surface area is 131 Å². The lowest BCUT2D eigenvalue weighted by Gasteiger charge is -2.07. The van der Waals surface area contributed by atoms with Gasteiger partial charge in [-0.15, -0.1) is 0 Å². The number of nitrogens with one attached hydrogen (secondary N) is 2. The van der Waals surface area contributed by atoms with Crippen molar-refractivity contribution in [3.63, 3.8) is 0 Å². The molecule has 0 aliphatic heterocycles. The van der Waals surface area contributed by atoms with Crippen molar-refractivity contribution in [2.24, 2.45) is 0 Å². The summed E-state index contributed by atoms with van der Waals surface area (Å²) in [5, 5.41) is 4.61. The van der Waals surface area contributed by atoms with E-state index in [9.17, 15) is 4.79 Å². The second kappa shape index (κ2) is 5.73. The van der Waals surface area contributed by atoms with Gasteiger partial charge < -0.3 is 10.3 Å². The molecule has 2 N–H and O–H groups in total. The minimum absolute atomic E-state index is 0.120. The molecule has 3 rings (SSSR count). The van der Waals surface area contributed by atoms with Gasteiger partial charge in [0, 0.05) is 22.0 Å². The van der Waals surface area contributed by atoms with E-state index in [1.807, 2.05) is 44.2 Å². The van der Waals surface area contributed by atoms with Gasteiger partial charge in [0.2, 0.25) is 0 Å². The van der Waals surface area contributed by atoms with Crippen molar-refractivity contribution >= 4 is 51.9 Å². The molecule has 6 heteroatoms. The van der Waals surface area contributed by atoms with Crippen molar-refractivity contribution in [2.45, 2.75) is 5.33 Å². The third kappa shape index (κ3) is 2.85. The van der Waals surface area contributed by atoms with E-state index in [2.05, 4.69) is 31.2 Å². The Morgan fingerprint density at radius 3 is 2.90 bits per heavy atom. The number of carbonyl (C=O) groups excluding carboxylic acids is 1. The summed E-state index contributed by atoms with van der Waals surface area (Å²) in [6.45, 7) is 0. The number of nitrogens with zero attached hydrogens (tertiary/aromatic N) is 1. The molecular formula is C15H13BBrN3O. The number of aromatic amines is 1. The average molecular weight is 342 g/mol. The summed E-state index contributed by atoms with van der Waals surface area (Å²) in [6, 6.07) is 11.4. The van der Waals surface area contributed by atoms with Gasteiger partial charge in [-0.3, -0.25) is 4.79 Å². The van der Waals surface area contributed by atoms with Crippen molar-refractivity contribution in [1.29, 1.82) is 0 Å². The van der Waals surface area contributed by atoms with Crippen LogP contribution in [0.3, 0.4) is 0 Å². The zero-order chi connectivity index (χ0) is 14.8. The predicted octanol–water partition coefficient (Wildman–Crippen LogP) is 1.97. The van der Waals surface area contributed by atoms with Crippen molar-refractivity contribution in [2.75, 3.05) is 5.32 Å². The highest BCUT2D eigenvalue weighted by atomic mass is 79.9. The van der Waals surface area contributed by atoms with Crippen LogP contribution in [-0.4, -0.2) is 23.7 Å². The highest BCUT2D eigenvalue weighted by molar-refractivity contribution is 9.08. The molecule has 0 unspecified atom stereocenters. The van der Waals surface area contributed by atoms with Crippen LogP contribution >= 0.6 is 15.9 Å². The zero-order valence-electron chi connectivity index (χ0n) is 11.5. The molecule has 0 bridgehead atoms. The Morgan fingerprint density at radius 1 is 1.33 bits per heavy atom. The Hall–Kier alpha value is -2.08. The fraction of sp³-hybridized carbons (Fsp3) is 0.0667. The van der Waals surface area contributed by atoms with E-state index in [-0.39, 0.29) is 5.91 Å². The predicted molar refractivity (Wildman–Crippen MR) is 91.3 cm³/mol. The lowest BCUT2D eigenvalue weighted by atomic mass is 9.90. The lowest BCUT2D eigenvalue weighted by Crippen LogP contribution is -2.21. The monoisotopic (exact) mass is 341 g/mol. The number of hydrogen-bond donors (Lipinski definition) is 2. The van der Waals surface area contributed by atoms with Gasteiger partial charge in [0.1, 0.15) is 13.5 Å². The molecule has 0 aliphatic carbocycles. The molecule has 1 amide bonds. The number of hydrogen-bond acceptors (Lipinski definition) is 2. The standard InChI is InChI=1S/C15H13BBrN3O/c16-13-4-2-1-3-12(13)15(21)20-11-6-9-5-10(7-17)19-14(9)18-8-11/h1-6,8H,7,16H2,(H,18,19)(H,20,21). The zero-order valence-corrected chi connectivity index (χ0v) is 13.1. The first kappa shape index (κ1) is 13.9. The number of fused-ring (bicyclic) bond motifs is 1. The van der Waals surface area contributed by atoms with Crippen molar-refractivity contribution < 1.29 is 4.79 Å². The molecule has 2 aromatic heterocycles. The SMILES string of the molecule is Bc1ccccc1C(=O)Nc1cnc2[nH]c(CBr)cc2c1.